The average Bonchev–Trinajstić information content (AvgIpc) is 1.63. The van der Waals surface area contributed by atoms with Crippen LogP contribution >= 0.6 is 0 Å². The van der Waals surface area contributed by atoms with Gasteiger partial charge in [0.05, 0.1) is 128 Å². The van der Waals surface area contributed by atoms with E-state index in [0.29, 0.717) is 203 Å². The van der Waals surface area contributed by atoms with Gasteiger partial charge in [0.15, 0.2) is 17.0 Å². The highest BCUT2D eigenvalue weighted by Gasteiger charge is 2.53. The number of Topliss-reactive ketones (excluding diaryl/α,β-unsaturated/α-hetero) is 3. The largest absolute Gasteiger partial charge is 0.460 e. The third-order valence-corrected chi connectivity index (χ3v) is 24.0. The lowest BCUT2D eigenvalue weighted by Crippen LogP contribution is -2.61. The highest BCUT2D eigenvalue weighted by atomic mass is 16.6. The first-order valence-corrected chi connectivity index (χ1v) is 43.2. The van der Waals surface area contributed by atoms with Crippen molar-refractivity contribution in [2.24, 2.45) is 41.4 Å². The number of carbonyl (C=O) groups is 6. The Bertz CT molecular complexity index is 4270. The molecule has 1 aliphatic carbocycles. The van der Waals surface area contributed by atoms with Crippen LogP contribution in [0.4, 0.5) is 11.8 Å². The normalized spacial score (nSPS) is 28.0. The van der Waals surface area contributed by atoms with Crippen LogP contribution in [0.25, 0.3) is 33.4 Å². The fourth-order valence-corrected chi connectivity index (χ4v) is 16.8. The number of nitrogens with zero attached hydrogens (tertiary/aromatic N) is 10. The average molecular weight is 1690 g/mol. The van der Waals surface area contributed by atoms with Crippen LogP contribution in [0.1, 0.15) is 150 Å². The second-order valence-electron chi connectivity index (χ2n) is 33.2. The molecule has 4 aromatic heterocycles. The molecule has 3 saturated heterocycles. The summed E-state index contributed by atoms with van der Waals surface area (Å²) in [6.45, 7) is 20.5. The van der Waals surface area contributed by atoms with Crippen molar-refractivity contribution in [3.63, 3.8) is 0 Å². The van der Waals surface area contributed by atoms with Gasteiger partial charge in [-0.05, 0) is 144 Å². The Morgan fingerprint density at radius 1 is 0.752 bits per heavy atom. The standard InChI is InChI=1S/C88H130N12O21/c1-56-18-12-11-13-19-57(2)73(109-8)49-67-25-22-62(7)88(108,121-67)82(105)85(106)99-29-16-14-21-69(99)86(107)119-74(50-70(101)58(3)45-61(6)80(104)81(111-10)79(103)60(5)44-56)59(4)46-63-23-26-72(75(47-63)110-9)118-31-17-15-20-66-54-98(96-94-66)30-33-113-35-37-115-39-41-117-43-42-116-40-38-114-36-34-112-32-28-76(102)97-51-64(52-97)53-100-84-77(83(89)91-55-92-84)78(95-100)65-24-27-71-68(48-65)93-87(90)120-71/h11-13,18-19,24,27,45,48,54-56,58-60,62-64,67,69,72-75,80-81,104,108H,14-17,20-23,25-26,28-44,46-47,49-53H2,1-10H3,(H2,90,93)(H2,89,91,92)/b13-11+,18-12+,57-19+,61-45+/t56-,58-,59-,60-,62-,63+,67+,69+,72-,73+,74+,75-,80-,81+,88-/m1/s1. The molecule has 668 valence electrons. The number of aliphatic hydroxyl groups is 2. The zero-order chi connectivity index (χ0) is 86.5. The number of nitrogens with two attached hydrogens (primary N) is 2. The Kier molecular flexibility index (Phi) is 37.4. The van der Waals surface area contributed by atoms with Crippen molar-refractivity contribution in [1.29, 1.82) is 0 Å². The second-order valence-corrected chi connectivity index (χ2v) is 33.2. The number of carbonyl (C=O) groups excluding carboxylic acids is 6. The first-order chi connectivity index (χ1) is 58.4. The van der Waals surface area contributed by atoms with Gasteiger partial charge < -0.3 is 92.7 Å². The molecular weight excluding hydrogens is 1560 g/mol. The molecule has 33 nitrogen and oxygen atoms in total. The number of allylic oxidation sites excluding steroid dienone is 6. The smallest absolute Gasteiger partial charge is 0.329 e. The number of benzene rings is 1. The Hall–Kier alpha value is -8.16. The zero-order valence-corrected chi connectivity index (χ0v) is 72.3. The number of ether oxygens (including phenoxy) is 12. The van der Waals surface area contributed by atoms with E-state index in [2.05, 4.69) is 25.3 Å². The number of hydrogen-bond acceptors (Lipinski definition) is 29. The Morgan fingerprint density at radius 2 is 1.46 bits per heavy atom. The number of aryl methyl sites for hydroxylation is 1. The minimum absolute atomic E-state index is 0.00473. The van der Waals surface area contributed by atoms with Crippen LogP contribution in [0.15, 0.2) is 82.7 Å². The number of methoxy groups -OCH3 is 3. The minimum Gasteiger partial charge on any atom is -0.460 e. The van der Waals surface area contributed by atoms with Gasteiger partial charge >= 0.3 is 5.97 Å². The van der Waals surface area contributed by atoms with E-state index in [1.54, 1.807) is 51.8 Å². The minimum atomic E-state index is -2.46. The van der Waals surface area contributed by atoms with Crippen molar-refractivity contribution >= 4 is 69.1 Å². The lowest BCUT2D eigenvalue weighted by molar-refractivity contribution is -0.265. The van der Waals surface area contributed by atoms with E-state index in [4.69, 9.17) is 77.8 Å². The predicted octanol–water partition coefficient (Wildman–Crippen LogP) is 8.58. The number of ketones is 3. The van der Waals surface area contributed by atoms with Gasteiger partial charge in [-0.1, -0.05) is 76.3 Å². The molecule has 121 heavy (non-hydrogen) atoms. The number of aliphatic hydroxyl groups excluding tert-OH is 1. The number of cyclic esters (lactones) is 1. The summed E-state index contributed by atoms with van der Waals surface area (Å²) in [6.07, 6.45) is 17.8. The van der Waals surface area contributed by atoms with Gasteiger partial charge in [0, 0.05) is 102 Å². The van der Waals surface area contributed by atoms with Gasteiger partial charge in [-0.3, -0.25) is 24.0 Å². The third kappa shape index (κ3) is 27.2. The second kappa shape index (κ2) is 47.6. The number of likely N-dealkylation sites (tertiary alicyclic amines) is 1. The van der Waals surface area contributed by atoms with E-state index < -0.39 is 77.8 Å². The maximum Gasteiger partial charge on any atom is 0.329 e. The van der Waals surface area contributed by atoms with Crippen LogP contribution < -0.4 is 11.5 Å². The summed E-state index contributed by atoms with van der Waals surface area (Å²) in [5.74, 6) is -7.63. The number of oxazole rings is 1. The number of amides is 2. The van der Waals surface area contributed by atoms with E-state index in [0.717, 1.165) is 48.9 Å². The number of fused-ring (bicyclic) bond motifs is 5. The van der Waals surface area contributed by atoms with Crippen molar-refractivity contribution in [1.82, 2.24) is 49.5 Å². The van der Waals surface area contributed by atoms with Crippen LogP contribution in [-0.4, -0.2) is 276 Å². The van der Waals surface area contributed by atoms with Crippen molar-refractivity contribution in [2.75, 3.05) is 138 Å². The molecule has 6 N–H and O–H groups in total. The number of rotatable bonds is 36. The Labute approximate surface area is 709 Å². The number of unbranched alkanes of at least 4 members (excludes halogenated alkanes) is 1. The Balaban J connectivity index is 0.578. The quantitative estimate of drug-likeness (QED) is 0.0126. The molecule has 10 rings (SSSR count). The number of nitrogen functional groups attached to an aromatic ring is 2. The molecule has 5 aromatic rings. The van der Waals surface area contributed by atoms with Crippen molar-refractivity contribution < 1.29 is 100 Å². The summed E-state index contributed by atoms with van der Waals surface area (Å²) in [5, 5.41) is 38.0. The molecule has 15 atom stereocenters. The van der Waals surface area contributed by atoms with Crippen molar-refractivity contribution in [2.45, 2.75) is 219 Å². The summed E-state index contributed by atoms with van der Waals surface area (Å²) < 4.78 is 79.8. The summed E-state index contributed by atoms with van der Waals surface area (Å²) in [4.78, 5) is 101. The topological polar surface area (TPSA) is 412 Å². The highest BCUT2D eigenvalue weighted by Crippen LogP contribution is 2.40. The number of hydrogen-bond donors (Lipinski definition) is 4. The van der Waals surface area contributed by atoms with E-state index >= 15 is 0 Å². The number of esters is 1. The van der Waals surface area contributed by atoms with Gasteiger partial charge in [0.2, 0.25) is 11.7 Å². The number of anilines is 2. The van der Waals surface area contributed by atoms with E-state index in [1.165, 1.54) is 18.3 Å². The number of aromatic nitrogens is 8. The van der Waals surface area contributed by atoms with Crippen LogP contribution in [0, 0.1) is 41.4 Å². The van der Waals surface area contributed by atoms with Crippen LogP contribution in [-0.2, 0) is 105 Å². The molecule has 33 heteroatoms. The Morgan fingerprint density at radius 3 is 2.17 bits per heavy atom. The molecule has 0 spiro atoms. The van der Waals surface area contributed by atoms with Gasteiger partial charge in [-0.25, -0.2) is 24.1 Å². The van der Waals surface area contributed by atoms with E-state index in [9.17, 15) is 39.0 Å². The summed E-state index contributed by atoms with van der Waals surface area (Å²) in [7, 11) is 4.65. The number of piperidine rings is 1. The first kappa shape index (κ1) is 95.1. The summed E-state index contributed by atoms with van der Waals surface area (Å²) >= 11 is 0. The van der Waals surface area contributed by atoms with E-state index in [1.807, 2.05) is 86.0 Å². The van der Waals surface area contributed by atoms with Gasteiger partial charge in [-0.15, -0.1) is 5.10 Å². The SMILES string of the molecule is CO[C@H]1C[C@@H]2CC[C@@H](C)[C@@](O)(O2)C(=O)C(=O)N2CCCC[C@H]2C(=O)O[C@H]([C@H](C)C[C@@H]2CC[C@@H](OCCCCc3cn(CCOCCOCCOCCOCCOCCOCCC(=O)N4CC(Cn5nc(-c6ccc7oc(N)nc7c6)c6c(N)ncnc65)C4)nn3)[C@H](OC)C2)CC(=O)[C@H](C)/C=C(\C)[C@@H](O)[C@@H](OC)C(=O)[C@H](C)C[C@H](C)/C=C/C=C/C=C/1C. The maximum atomic E-state index is 14.8. The lowest BCUT2D eigenvalue weighted by atomic mass is 9.78. The molecule has 4 aliphatic heterocycles. The van der Waals surface area contributed by atoms with Crippen LogP contribution in [0.3, 0.4) is 0 Å². The predicted molar refractivity (Wildman–Crippen MR) is 449 cm³/mol. The molecule has 5 aliphatic rings. The monoisotopic (exact) mass is 1690 g/mol. The maximum absolute atomic E-state index is 14.8. The van der Waals surface area contributed by atoms with E-state index in [-0.39, 0.29) is 85.2 Å². The summed E-state index contributed by atoms with van der Waals surface area (Å²) in [6, 6.07) is 4.41. The molecule has 0 radical (unpaired) electrons. The third-order valence-electron chi connectivity index (χ3n) is 24.0. The molecule has 4 fully saturated rings. The van der Waals surface area contributed by atoms with Gasteiger partial charge in [-0.2, -0.15) is 10.1 Å². The molecule has 1 saturated carbocycles. The van der Waals surface area contributed by atoms with Crippen molar-refractivity contribution in [3.8, 4) is 11.3 Å². The molecule has 8 heterocycles. The molecule has 1 aromatic carbocycles. The first-order valence-electron chi connectivity index (χ1n) is 43.2. The zero-order valence-electron chi connectivity index (χ0n) is 72.3. The fraction of sp³-hybridized carbons (Fsp3) is 0.682. The van der Waals surface area contributed by atoms with Gasteiger partial charge in [0.1, 0.15) is 53.5 Å². The molecule has 0 unspecified atom stereocenters. The van der Waals surface area contributed by atoms with Gasteiger partial charge in [0.25, 0.3) is 17.7 Å². The van der Waals surface area contributed by atoms with Crippen LogP contribution in [0.5, 0.6) is 0 Å². The highest BCUT2D eigenvalue weighted by molar-refractivity contribution is 6.39. The molecular formula is C88H130N12O21. The molecule has 2 amide bonds. The summed E-state index contributed by atoms with van der Waals surface area (Å²) in [5.41, 5.74) is 17.4. The lowest BCUT2D eigenvalue weighted by Gasteiger charge is -2.42. The van der Waals surface area contributed by atoms with Crippen molar-refractivity contribution in [3.05, 3.63) is 84.0 Å². The molecule has 2 bridgehead atoms. The fourth-order valence-electron chi connectivity index (χ4n) is 16.8. The van der Waals surface area contributed by atoms with Crippen LogP contribution in [0.2, 0.25) is 0 Å².